The van der Waals surface area contributed by atoms with Gasteiger partial charge in [-0.25, -0.2) is 4.79 Å². The molecule has 0 atom stereocenters. The zero-order valence-corrected chi connectivity index (χ0v) is 15.2. The summed E-state index contributed by atoms with van der Waals surface area (Å²) in [6.07, 6.45) is 1.10. The van der Waals surface area contributed by atoms with Crippen molar-refractivity contribution >= 4 is 23.2 Å². The molecule has 0 radical (unpaired) electrons. The molecule has 2 aromatic carbocycles. The summed E-state index contributed by atoms with van der Waals surface area (Å²) in [5.74, 6) is 0.486. The quantitative estimate of drug-likeness (QED) is 0.700. The zero-order chi connectivity index (χ0) is 19.7. The molecule has 4 rings (SSSR count). The number of anilines is 1. The van der Waals surface area contributed by atoms with E-state index in [9.17, 15) is 14.4 Å². The van der Waals surface area contributed by atoms with Crippen LogP contribution in [0.3, 0.4) is 0 Å². The van der Waals surface area contributed by atoms with Gasteiger partial charge in [0.2, 0.25) is 6.79 Å². The molecule has 0 unspecified atom stereocenters. The molecule has 0 bridgehead atoms. The van der Waals surface area contributed by atoms with Gasteiger partial charge in [-0.05, 0) is 35.9 Å². The van der Waals surface area contributed by atoms with Gasteiger partial charge in [0.1, 0.15) is 5.56 Å². The Morgan fingerprint density at radius 3 is 2.79 bits per heavy atom. The lowest BCUT2D eigenvalue weighted by Crippen LogP contribution is -2.39. The topological polar surface area (TPSA) is 102 Å². The highest BCUT2D eigenvalue weighted by atomic mass is 35.5. The van der Waals surface area contributed by atoms with E-state index in [4.69, 9.17) is 21.1 Å². The minimum atomic E-state index is -0.707. The van der Waals surface area contributed by atoms with Gasteiger partial charge >= 0.3 is 5.69 Å². The summed E-state index contributed by atoms with van der Waals surface area (Å²) in [6.45, 7) is 0.0988. The lowest BCUT2D eigenvalue weighted by molar-refractivity contribution is 0.102. The molecule has 1 aliphatic rings. The predicted octanol–water partition coefficient (Wildman–Crippen LogP) is 2.22. The SMILES string of the molecule is O=C(Nc1cccc(Cl)c1)c1c[nH]c(=O)n(Cc2ccc3c(c2)OCO3)c1=O. The van der Waals surface area contributed by atoms with E-state index in [1.54, 1.807) is 42.5 Å². The molecule has 1 amide bonds. The molecule has 9 heteroatoms. The minimum absolute atomic E-state index is 0.0247. The van der Waals surface area contributed by atoms with Crippen LogP contribution in [0.4, 0.5) is 5.69 Å². The number of nitrogens with zero attached hydrogens (tertiary/aromatic N) is 1. The molecule has 2 heterocycles. The zero-order valence-electron chi connectivity index (χ0n) is 14.4. The molecule has 0 saturated heterocycles. The third-order valence-corrected chi connectivity index (χ3v) is 4.40. The second-order valence-corrected chi connectivity index (χ2v) is 6.49. The summed E-state index contributed by atoms with van der Waals surface area (Å²) in [5.41, 5.74) is -0.432. The highest BCUT2D eigenvalue weighted by Crippen LogP contribution is 2.32. The number of hydrogen-bond acceptors (Lipinski definition) is 5. The molecule has 2 N–H and O–H groups in total. The van der Waals surface area contributed by atoms with E-state index in [-0.39, 0.29) is 18.9 Å². The number of benzene rings is 2. The number of nitrogens with one attached hydrogen (secondary N) is 2. The Bertz CT molecular complexity index is 1180. The first-order valence-electron chi connectivity index (χ1n) is 8.29. The number of ether oxygens (including phenoxy) is 2. The Labute approximate surface area is 163 Å². The van der Waals surface area contributed by atoms with Gasteiger partial charge in [0.05, 0.1) is 6.54 Å². The fraction of sp³-hybridized carbons (Fsp3) is 0.105. The highest BCUT2D eigenvalue weighted by molar-refractivity contribution is 6.30. The van der Waals surface area contributed by atoms with Crippen LogP contribution in [0.2, 0.25) is 5.02 Å². The fourth-order valence-electron chi connectivity index (χ4n) is 2.80. The number of hydrogen-bond donors (Lipinski definition) is 2. The van der Waals surface area contributed by atoms with E-state index in [1.165, 1.54) is 0 Å². The molecule has 28 heavy (non-hydrogen) atoms. The fourth-order valence-corrected chi connectivity index (χ4v) is 2.99. The molecule has 0 aliphatic carbocycles. The van der Waals surface area contributed by atoms with Crippen molar-refractivity contribution in [1.29, 1.82) is 0 Å². The highest BCUT2D eigenvalue weighted by Gasteiger charge is 2.17. The summed E-state index contributed by atoms with van der Waals surface area (Å²) < 4.78 is 11.5. The van der Waals surface area contributed by atoms with E-state index >= 15 is 0 Å². The maximum atomic E-state index is 12.7. The van der Waals surface area contributed by atoms with Crippen LogP contribution in [0.5, 0.6) is 11.5 Å². The summed E-state index contributed by atoms with van der Waals surface area (Å²) in [5, 5.41) is 3.03. The Morgan fingerprint density at radius 1 is 1.14 bits per heavy atom. The maximum absolute atomic E-state index is 12.7. The van der Waals surface area contributed by atoms with Crippen molar-refractivity contribution in [2.24, 2.45) is 0 Å². The Hall–Kier alpha value is -3.52. The third kappa shape index (κ3) is 3.49. The van der Waals surface area contributed by atoms with Gasteiger partial charge in [-0.1, -0.05) is 23.7 Å². The molecule has 1 aliphatic heterocycles. The number of amides is 1. The molecular weight excluding hydrogens is 386 g/mol. The van der Waals surface area contributed by atoms with Crippen LogP contribution in [0.25, 0.3) is 0 Å². The molecule has 0 spiro atoms. The molecule has 1 aromatic heterocycles. The predicted molar refractivity (Wildman–Crippen MR) is 102 cm³/mol. The van der Waals surface area contributed by atoms with Crippen molar-refractivity contribution < 1.29 is 14.3 Å². The van der Waals surface area contributed by atoms with Crippen LogP contribution < -0.4 is 26.0 Å². The minimum Gasteiger partial charge on any atom is -0.454 e. The van der Waals surface area contributed by atoms with E-state index in [1.807, 2.05) is 0 Å². The summed E-state index contributed by atoms with van der Waals surface area (Å²) in [7, 11) is 0. The summed E-state index contributed by atoms with van der Waals surface area (Å²) >= 11 is 5.90. The number of H-pyrrole nitrogens is 1. The van der Waals surface area contributed by atoms with Crippen LogP contribution in [-0.4, -0.2) is 22.3 Å². The second kappa shape index (κ2) is 7.24. The second-order valence-electron chi connectivity index (χ2n) is 6.05. The number of rotatable bonds is 4. The molecule has 3 aromatic rings. The van der Waals surface area contributed by atoms with Crippen LogP contribution >= 0.6 is 11.6 Å². The van der Waals surface area contributed by atoms with Crippen molar-refractivity contribution in [3.63, 3.8) is 0 Å². The summed E-state index contributed by atoms with van der Waals surface area (Å²) in [4.78, 5) is 39.8. The van der Waals surface area contributed by atoms with Crippen LogP contribution in [0.15, 0.2) is 58.3 Å². The standard InChI is InChI=1S/C19H14ClN3O5/c20-12-2-1-3-13(7-12)22-17(24)14-8-21-19(26)23(18(14)25)9-11-4-5-15-16(6-11)28-10-27-15/h1-8H,9-10H2,(H,21,26)(H,22,24). The van der Waals surface area contributed by atoms with Crippen LogP contribution in [-0.2, 0) is 6.54 Å². The number of aromatic amines is 1. The number of carbonyl (C=O) groups is 1. The first-order chi connectivity index (χ1) is 13.5. The van der Waals surface area contributed by atoms with E-state index in [0.717, 1.165) is 10.8 Å². The van der Waals surface area contributed by atoms with Gasteiger partial charge in [-0.2, -0.15) is 0 Å². The van der Waals surface area contributed by atoms with E-state index < -0.39 is 17.2 Å². The van der Waals surface area contributed by atoms with Gasteiger partial charge < -0.3 is 19.8 Å². The lowest BCUT2D eigenvalue weighted by Gasteiger charge is -2.09. The Balaban J connectivity index is 1.63. The third-order valence-electron chi connectivity index (χ3n) is 4.17. The van der Waals surface area contributed by atoms with Crippen molar-refractivity contribution in [2.75, 3.05) is 12.1 Å². The number of halogens is 1. The average molecular weight is 400 g/mol. The van der Waals surface area contributed by atoms with Gasteiger partial charge in [0, 0.05) is 16.9 Å². The lowest BCUT2D eigenvalue weighted by atomic mass is 10.2. The van der Waals surface area contributed by atoms with Gasteiger partial charge in [-0.15, -0.1) is 0 Å². The van der Waals surface area contributed by atoms with Gasteiger partial charge in [0.25, 0.3) is 11.5 Å². The molecule has 0 saturated carbocycles. The average Bonchev–Trinajstić information content (AvgIpc) is 3.13. The number of fused-ring (bicyclic) bond motifs is 1. The van der Waals surface area contributed by atoms with Crippen LogP contribution in [0, 0.1) is 0 Å². The van der Waals surface area contributed by atoms with E-state index in [0.29, 0.717) is 27.8 Å². The number of aromatic nitrogens is 2. The first kappa shape index (κ1) is 17.9. The van der Waals surface area contributed by atoms with Crippen molar-refractivity contribution in [3.8, 4) is 11.5 Å². The molecule has 142 valence electrons. The normalized spacial score (nSPS) is 12.0. The molecule has 0 fully saturated rings. The van der Waals surface area contributed by atoms with Crippen molar-refractivity contribution in [1.82, 2.24) is 9.55 Å². The smallest absolute Gasteiger partial charge is 0.328 e. The molecule has 8 nitrogen and oxygen atoms in total. The van der Waals surface area contributed by atoms with Gasteiger partial charge in [-0.3, -0.25) is 14.2 Å². The van der Waals surface area contributed by atoms with Gasteiger partial charge in [0.15, 0.2) is 11.5 Å². The molecular formula is C19H14ClN3O5. The first-order valence-corrected chi connectivity index (χ1v) is 8.67. The largest absolute Gasteiger partial charge is 0.454 e. The Kier molecular flexibility index (Phi) is 4.62. The summed E-state index contributed by atoms with van der Waals surface area (Å²) in [6, 6.07) is 11.6. The Morgan fingerprint density at radius 2 is 1.96 bits per heavy atom. The van der Waals surface area contributed by atoms with E-state index in [2.05, 4.69) is 10.3 Å². The van der Waals surface area contributed by atoms with Crippen LogP contribution in [0.1, 0.15) is 15.9 Å². The monoisotopic (exact) mass is 399 g/mol. The van der Waals surface area contributed by atoms with Crippen molar-refractivity contribution in [2.45, 2.75) is 6.54 Å². The maximum Gasteiger partial charge on any atom is 0.328 e. The van der Waals surface area contributed by atoms with Crippen molar-refractivity contribution in [3.05, 3.63) is 85.6 Å². The number of carbonyl (C=O) groups excluding carboxylic acids is 1.